The molecule has 1 aromatic rings. The number of rotatable bonds is 5. The third-order valence-corrected chi connectivity index (χ3v) is 4.00. The van der Waals surface area contributed by atoms with Crippen LogP contribution in [0.4, 0.5) is 0 Å². The SMILES string of the molecule is C[C@@H]1CN(CCC(N)(CO)c2ccccc2)C[C@H](C)O1. The molecule has 0 spiro atoms. The molecular formula is C16H26N2O2. The molecule has 4 heteroatoms. The predicted octanol–water partition coefficient (Wildman–Crippen LogP) is 1.33. The molecule has 1 aliphatic heterocycles. The van der Waals surface area contributed by atoms with Crippen molar-refractivity contribution in [1.29, 1.82) is 0 Å². The first kappa shape index (κ1) is 15.4. The summed E-state index contributed by atoms with van der Waals surface area (Å²) in [5.41, 5.74) is 6.73. The maximum atomic E-state index is 9.70. The Hall–Kier alpha value is -0.940. The van der Waals surface area contributed by atoms with Crippen molar-refractivity contribution in [1.82, 2.24) is 4.90 Å². The Morgan fingerprint density at radius 3 is 2.40 bits per heavy atom. The summed E-state index contributed by atoms with van der Waals surface area (Å²) in [5, 5.41) is 9.70. The molecule has 1 aromatic carbocycles. The van der Waals surface area contributed by atoms with E-state index in [0.29, 0.717) is 0 Å². The Labute approximate surface area is 121 Å². The zero-order chi connectivity index (χ0) is 14.6. The molecule has 0 aromatic heterocycles. The Bertz CT molecular complexity index is 402. The summed E-state index contributed by atoms with van der Waals surface area (Å²) in [6.07, 6.45) is 1.26. The first-order valence-electron chi connectivity index (χ1n) is 7.36. The normalized spacial score (nSPS) is 27.2. The monoisotopic (exact) mass is 278 g/mol. The van der Waals surface area contributed by atoms with Crippen LogP contribution in [0.5, 0.6) is 0 Å². The molecule has 1 aliphatic rings. The number of benzene rings is 1. The van der Waals surface area contributed by atoms with Crippen LogP contribution in [0.2, 0.25) is 0 Å². The maximum absolute atomic E-state index is 9.70. The molecule has 3 atom stereocenters. The van der Waals surface area contributed by atoms with Crippen LogP contribution in [-0.2, 0) is 10.3 Å². The van der Waals surface area contributed by atoms with E-state index in [1.54, 1.807) is 0 Å². The highest BCUT2D eigenvalue weighted by Crippen LogP contribution is 2.23. The molecule has 3 N–H and O–H groups in total. The van der Waals surface area contributed by atoms with Crippen LogP contribution in [0, 0.1) is 0 Å². The molecular weight excluding hydrogens is 252 g/mol. The lowest BCUT2D eigenvalue weighted by atomic mass is 9.88. The van der Waals surface area contributed by atoms with E-state index in [0.717, 1.165) is 31.6 Å². The van der Waals surface area contributed by atoms with E-state index >= 15 is 0 Å². The fraction of sp³-hybridized carbons (Fsp3) is 0.625. The molecule has 0 saturated carbocycles. The van der Waals surface area contributed by atoms with E-state index in [9.17, 15) is 5.11 Å². The third-order valence-electron chi connectivity index (χ3n) is 4.00. The largest absolute Gasteiger partial charge is 0.394 e. The Morgan fingerprint density at radius 2 is 1.85 bits per heavy atom. The van der Waals surface area contributed by atoms with Crippen LogP contribution in [0.25, 0.3) is 0 Å². The van der Waals surface area contributed by atoms with Crippen molar-refractivity contribution < 1.29 is 9.84 Å². The van der Waals surface area contributed by atoms with Crippen LogP contribution >= 0.6 is 0 Å². The first-order valence-corrected chi connectivity index (χ1v) is 7.36. The van der Waals surface area contributed by atoms with Crippen molar-refractivity contribution in [3.05, 3.63) is 35.9 Å². The van der Waals surface area contributed by atoms with Gasteiger partial charge >= 0.3 is 0 Å². The van der Waals surface area contributed by atoms with Crippen molar-refractivity contribution in [2.45, 2.75) is 38.0 Å². The summed E-state index contributed by atoms with van der Waals surface area (Å²) in [6.45, 7) is 6.90. The number of ether oxygens (including phenoxy) is 1. The smallest absolute Gasteiger partial charge is 0.0678 e. The highest BCUT2D eigenvalue weighted by Gasteiger charge is 2.29. The Morgan fingerprint density at radius 1 is 1.25 bits per heavy atom. The summed E-state index contributed by atoms with van der Waals surface area (Å²) in [4.78, 5) is 2.37. The molecule has 0 amide bonds. The lowest BCUT2D eigenvalue weighted by molar-refractivity contribution is -0.0698. The van der Waals surface area contributed by atoms with Gasteiger partial charge in [-0.25, -0.2) is 0 Å². The van der Waals surface area contributed by atoms with Gasteiger partial charge in [-0.1, -0.05) is 30.3 Å². The fourth-order valence-electron chi connectivity index (χ4n) is 2.91. The number of morpholine rings is 1. The summed E-state index contributed by atoms with van der Waals surface area (Å²) < 4.78 is 5.74. The zero-order valence-electron chi connectivity index (χ0n) is 12.5. The van der Waals surface area contributed by atoms with Crippen molar-refractivity contribution in [2.24, 2.45) is 5.73 Å². The summed E-state index contributed by atoms with van der Waals surface area (Å²) in [7, 11) is 0. The number of hydrogen-bond donors (Lipinski definition) is 2. The van der Waals surface area contributed by atoms with Crippen LogP contribution in [0.15, 0.2) is 30.3 Å². The van der Waals surface area contributed by atoms with Gasteiger partial charge in [-0.15, -0.1) is 0 Å². The van der Waals surface area contributed by atoms with Gasteiger partial charge in [0.1, 0.15) is 0 Å². The summed E-state index contributed by atoms with van der Waals surface area (Å²) >= 11 is 0. The second-order valence-corrected chi connectivity index (χ2v) is 5.95. The highest BCUT2D eigenvalue weighted by atomic mass is 16.5. The van der Waals surface area contributed by atoms with Crippen LogP contribution in [0.1, 0.15) is 25.8 Å². The summed E-state index contributed by atoms with van der Waals surface area (Å²) in [5.74, 6) is 0. The predicted molar refractivity (Wildman–Crippen MR) is 80.5 cm³/mol. The number of nitrogens with two attached hydrogens (primary N) is 1. The van der Waals surface area contributed by atoms with Crippen molar-refractivity contribution in [3.63, 3.8) is 0 Å². The lowest BCUT2D eigenvalue weighted by Crippen LogP contribution is -2.49. The average molecular weight is 278 g/mol. The van der Waals surface area contributed by atoms with Gasteiger partial charge in [0.05, 0.1) is 24.4 Å². The third kappa shape index (κ3) is 3.79. The van der Waals surface area contributed by atoms with Gasteiger partial charge in [0.2, 0.25) is 0 Å². The number of aliphatic hydroxyl groups is 1. The van der Waals surface area contributed by atoms with Crippen LogP contribution in [-0.4, -0.2) is 48.5 Å². The first-order chi connectivity index (χ1) is 9.53. The molecule has 2 rings (SSSR count). The quantitative estimate of drug-likeness (QED) is 0.853. The van der Waals surface area contributed by atoms with E-state index in [-0.39, 0.29) is 18.8 Å². The van der Waals surface area contributed by atoms with E-state index < -0.39 is 5.54 Å². The van der Waals surface area contributed by atoms with Gasteiger partial charge < -0.3 is 15.6 Å². The molecule has 1 saturated heterocycles. The van der Waals surface area contributed by atoms with Gasteiger partial charge in [0, 0.05) is 19.6 Å². The van der Waals surface area contributed by atoms with E-state index in [4.69, 9.17) is 10.5 Å². The van der Waals surface area contributed by atoms with E-state index in [2.05, 4.69) is 18.7 Å². The minimum atomic E-state index is -0.661. The van der Waals surface area contributed by atoms with Crippen LogP contribution in [0.3, 0.4) is 0 Å². The standard InChI is InChI=1S/C16H26N2O2/c1-13-10-18(11-14(2)20-13)9-8-16(17,12-19)15-6-4-3-5-7-15/h3-7,13-14,19H,8-12,17H2,1-2H3/t13-,14+,16?. The van der Waals surface area contributed by atoms with E-state index in [1.165, 1.54) is 0 Å². The number of aliphatic hydroxyl groups excluding tert-OH is 1. The summed E-state index contributed by atoms with van der Waals surface area (Å²) in [6, 6.07) is 9.87. The van der Waals surface area contributed by atoms with Gasteiger partial charge in [0.15, 0.2) is 0 Å². The van der Waals surface area contributed by atoms with Crippen molar-refractivity contribution >= 4 is 0 Å². The van der Waals surface area contributed by atoms with Gasteiger partial charge in [-0.2, -0.15) is 0 Å². The maximum Gasteiger partial charge on any atom is 0.0678 e. The molecule has 1 fully saturated rings. The minimum absolute atomic E-state index is 0.0353. The molecule has 0 radical (unpaired) electrons. The molecule has 1 heterocycles. The Kier molecular flexibility index (Phi) is 5.16. The van der Waals surface area contributed by atoms with Crippen molar-refractivity contribution in [3.8, 4) is 0 Å². The molecule has 0 bridgehead atoms. The Balaban J connectivity index is 1.97. The van der Waals surface area contributed by atoms with Gasteiger partial charge in [0.25, 0.3) is 0 Å². The second-order valence-electron chi connectivity index (χ2n) is 5.95. The molecule has 1 unspecified atom stereocenters. The number of hydrogen-bond acceptors (Lipinski definition) is 4. The molecule has 112 valence electrons. The van der Waals surface area contributed by atoms with E-state index in [1.807, 2.05) is 30.3 Å². The van der Waals surface area contributed by atoms with Gasteiger partial charge in [-0.05, 0) is 25.8 Å². The van der Waals surface area contributed by atoms with Crippen LogP contribution < -0.4 is 5.73 Å². The zero-order valence-corrected chi connectivity index (χ0v) is 12.5. The molecule has 0 aliphatic carbocycles. The highest BCUT2D eigenvalue weighted by molar-refractivity contribution is 5.24. The molecule has 20 heavy (non-hydrogen) atoms. The van der Waals surface area contributed by atoms with Gasteiger partial charge in [-0.3, -0.25) is 4.90 Å². The minimum Gasteiger partial charge on any atom is -0.394 e. The van der Waals surface area contributed by atoms with Crippen molar-refractivity contribution in [2.75, 3.05) is 26.2 Å². The average Bonchev–Trinajstić information content (AvgIpc) is 2.45. The second kappa shape index (κ2) is 6.68. The number of nitrogens with zero attached hydrogens (tertiary/aromatic N) is 1. The lowest BCUT2D eigenvalue weighted by Gasteiger charge is -2.37. The fourth-order valence-corrected chi connectivity index (χ4v) is 2.91. The topological polar surface area (TPSA) is 58.7 Å². The molecule has 4 nitrogen and oxygen atoms in total.